The van der Waals surface area contributed by atoms with Crippen LogP contribution in [0.3, 0.4) is 0 Å². The number of aliphatic hydroxyl groups excluding tert-OH is 1. The summed E-state index contributed by atoms with van der Waals surface area (Å²) in [6.07, 6.45) is 11.3. The minimum absolute atomic E-state index is 0.109. The Labute approximate surface area is 191 Å². The molecular weight excluding hydrogens is 424 g/mol. The average molecular weight is 453 g/mol. The fraction of sp³-hybridized carbons (Fsp3) is 0.417. The normalized spacial score (nSPS) is 15.6. The number of carbonyl (C=O) groups excluding carboxylic acids is 1. The van der Waals surface area contributed by atoms with Crippen molar-refractivity contribution in [2.75, 3.05) is 11.6 Å². The molecule has 1 unspecified atom stereocenters. The Bertz CT molecular complexity index is 1140. The van der Waals surface area contributed by atoms with Gasteiger partial charge in [0.15, 0.2) is 0 Å². The molecule has 1 aliphatic carbocycles. The van der Waals surface area contributed by atoms with Gasteiger partial charge in [-0.3, -0.25) is 14.2 Å². The number of fused-ring (bicyclic) bond motifs is 1. The summed E-state index contributed by atoms with van der Waals surface area (Å²) in [5.74, 6) is 0.516. The Morgan fingerprint density at radius 2 is 2.03 bits per heavy atom. The molecule has 0 bridgehead atoms. The molecule has 0 radical (unpaired) electrons. The van der Waals surface area contributed by atoms with E-state index in [4.69, 9.17) is 0 Å². The molecule has 32 heavy (non-hydrogen) atoms. The molecule has 2 N–H and O–H groups in total. The molecule has 4 rings (SSSR count). The molecule has 2 aromatic heterocycles. The van der Waals surface area contributed by atoms with Crippen LogP contribution in [0.15, 0.2) is 52.5 Å². The number of aliphatic hydroxyl groups is 1. The molecule has 1 atom stereocenters. The highest BCUT2D eigenvalue weighted by atomic mass is 32.2. The van der Waals surface area contributed by atoms with Crippen molar-refractivity contribution in [3.05, 3.63) is 58.8 Å². The summed E-state index contributed by atoms with van der Waals surface area (Å²) in [4.78, 5) is 36.4. The summed E-state index contributed by atoms with van der Waals surface area (Å²) >= 11 is 1.60. The summed E-state index contributed by atoms with van der Waals surface area (Å²) in [5, 5.41) is 12.6. The van der Waals surface area contributed by atoms with Crippen molar-refractivity contribution in [3.63, 3.8) is 0 Å². The van der Waals surface area contributed by atoms with Crippen LogP contribution in [-0.2, 0) is 11.4 Å². The number of carbonyl (C=O) groups is 1. The second-order valence-electron chi connectivity index (χ2n) is 8.29. The monoisotopic (exact) mass is 452 g/mol. The van der Waals surface area contributed by atoms with Crippen LogP contribution < -0.4 is 10.9 Å². The quantitative estimate of drug-likeness (QED) is 0.523. The number of benzene rings is 1. The number of anilines is 1. The van der Waals surface area contributed by atoms with Crippen LogP contribution in [0.25, 0.3) is 10.9 Å². The number of hydrogen-bond donors (Lipinski definition) is 2. The molecule has 7 nitrogen and oxygen atoms in total. The van der Waals surface area contributed by atoms with Crippen molar-refractivity contribution < 1.29 is 9.90 Å². The number of pyridine rings is 1. The number of nitrogens with zero attached hydrogens (tertiary/aromatic N) is 3. The van der Waals surface area contributed by atoms with Gasteiger partial charge in [0.05, 0.1) is 23.8 Å². The van der Waals surface area contributed by atoms with Crippen LogP contribution in [0.4, 0.5) is 5.82 Å². The molecule has 168 valence electrons. The van der Waals surface area contributed by atoms with Gasteiger partial charge < -0.3 is 10.4 Å². The van der Waals surface area contributed by atoms with Gasteiger partial charge in [0.2, 0.25) is 5.91 Å². The van der Waals surface area contributed by atoms with Gasteiger partial charge >= 0.3 is 0 Å². The van der Waals surface area contributed by atoms with E-state index in [0.717, 1.165) is 30.6 Å². The van der Waals surface area contributed by atoms with Crippen LogP contribution in [0, 0.1) is 5.92 Å². The second kappa shape index (κ2) is 10.3. The van der Waals surface area contributed by atoms with Crippen LogP contribution >= 0.6 is 11.8 Å². The van der Waals surface area contributed by atoms with Gasteiger partial charge in [-0.15, -0.1) is 11.8 Å². The van der Waals surface area contributed by atoms with Crippen LogP contribution in [0.2, 0.25) is 0 Å². The van der Waals surface area contributed by atoms with Crippen molar-refractivity contribution in [1.29, 1.82) is 0 Å². The fourth-order valence-electron chi connectivity index (χ4n) is 4.35. The first kappa shape index (κ1) is 22.5. The molecule has 8 heteroatoms. The van der Waals surface area contributed by atoms with Gasteiger partial charge in [-0.1, -0.05) is 38.2 Å². The highest BCUT2D eigenvalue weighted by molar-refractivity contribution is 7.98. The summed E-state index contributed by atoms with van der Waals surface area (Å²) in [6, 6.07) is 8.30. The SMILES string of the molecule is CSc1ccc2c(=O)n(C(CC3CCCCC3)C(=O)Nc3ccc(CO)cn3)cnc2c1. The van der Waals surface area contributed by atoms with Gasteiger partial charge in [-0.2, -0.15) is 0 Å². The summed E-state index contributed by atoms with van der Waals surface area (Å²) in [6.45, 7) is -0.109. The molecule has 1 aromatic carbocycles. The lowest BCUT2D eigenvalue weighted by Crippen LogP contribution is -2.35. The van der Waals surface area contributed by atoms with Crippen molar-refractivity contribution in [2.24, 2.45) is 5.92 Å². The van der Waals surface area contributed by atoms with E-state index in [1.807, 2.05) is 18.4 Å². The highest BCUT2D eigenvalue weighted by Gasteiger charge is 2.27. The van der Waals surface area contributed by atoms with E-state index in [9.17, 15) is 14.7 Å². The first-order valence-electron chi connectivity index (χ1n) is 11.0. The van der Waals surface area contributed by atoms with E-state index in [0.29, 0.717) is 34.6 Å². The predicted octanol–water partition coefficient (Wildman–Crippen LogP) is 4.16. The average Bonchev–Trinajstić information content (AvgIpc) is 2.84. The first-order valence-corrected chi connectivity index (χ1v) is 12.2. The third kappa shape index (κ3) is 5.02. The first-order chi connectivity index (χ1) is 15.6. The second-order valence-corrected chi connectivity index (χ2v) is 9.17. The Hall–Kier alpha value is -2.71. The Morgan fingerprint density at radius 3 is 2.72 bits per heavy atom. The zero-order valence-corrected chi connectivity index (χ0v) is 19.0. The molecule has 3 aromatic rings. The van der Waals surface area contributed by atoms with Crippen molar-refractivity contribution in [3.8, 4) is 0 Å². The van der Waals surface area contributed by atoms with E-state index in [1.54, 1.807) is 30.0 Å². The smallest absolute Gasteiger partial charge is 0.261 e. The number of aromatic nitrogens is 3. The van der Waals surface area contributed by atoms with E-state index in [1.165, 1.54) is 23.5 Å². The maximum absolute atomic E-state index is 13.3. The van der Waals surface area contributed by atoms with E-state index < -0.39 is 6.04 Å². The van der Waals surface area contributed by atoms with Crippen molar-refractivity contribution in [2.45, 2.75) is 56.1 Å². The van der Waals surface area contributed by atoms with E-state index in [-0.39, 0.29) is 18.1 Å². The van der Waals surface area contributed by atoms with Crippen LogP contribution in [0.1, 0.15) is 50.1 Å². The minimum atomic E-state index is -0.665. The van der Waals surface area contributed by atoms with Gasteiger partial charge in [0, 0.05) is 11.1 Å². The summed E-state index contributed by atoms with van der Waals surface area (Å²) in [7, 11) is 0. The Kier molecular flexibility index (Phi) is 7.22. The van der Waals surface area contributed by atoms with Crippen LogP contribution in [-0.4, -0.2) is 31.8 Å². The van der Waals surface area contributed by atoms with E-state index >= 15 is 0 Å². The molecule has 2 heterocycles. The highest BCUT2D eigenvalue weighted by Crippen LogP contribution is 2.31. The molecular formula is C24H28N4O3S. The maximum atomic E-state index is 13.3. The minimum Gasteiger partial charge on any atom is -0.392 e. The Balaban J connectivity index is 1.67. The third-order valence-electron chi connectivity index (χ3n) is 6.17. The molecule has 0 spiro atoms. The topological polar surface area (TPSA) is 97.1 Å². The molecule has 1 saturated carbocycles. The van der Waals surface area contributed by atoms with E-state index in [2.05, 4.69) is 15.3 Å². The molecule has 1 aliphatic rings. The van der Waals surface area contributed by atoms with Crippen molar-refractivity contribution >= 4 is 34.4 Å². The number of rotatable bonds is 7. The standard InChI is InChI=1S/C24H28N4O3S/c1-32-18-8-9-19-20(12-18)26-15-28(24(19)31)21(11-16-5-3-2-4-6-16)23(30)27-22-10-7-17(14-29)13-25-22/h7-10,12-13,15-16,21,29H,2-6,11,14H2,1H3,(H,25,27,30). The molecule has 1 fully saturated rings. The largest absolute Gasteiger partial charge is 0.392 e. The maximum Gasteiger partial charge on any atom is 0.261 e. The number of nitrogens with one attached hydrogen (secondary N) is 1. The number of hydrogen-bond acceptors (Lipinski definition) is 6. The predicted molar refractivity (Wildman–Crippen MR) is 127 cm³/mol. The van der Waals surface area contributed by atoms with Crippen LogP contribution in [0.5, 0.6) is 0 Å². The fourth-order valence-corrected chi connectivity index (χ4v) is 4.78. The Morgan fingerprint density at radius 1 is 1.22 bits per heavy atom. The summed E-state index contributed by atoms with van der Waals surface area (Å²) < 4.78 is 1.48. The molecule has 0 saturated heterocycles. The number of amides is 1. The van der Waals surface area contributed by atoms with Gasteiger partial charge in [-0.25, -0.2) is 9.97 Å². The van der Waals surface area contributed by atoms with Crippen molar-refractivity contribution in [1.82, 2.24) is 14.5 Å². The van der Waals surface area contributed by atoms with Gasteiger partial charge in [-0.05, 0) is 48.4 Å². The molecule has 0 aliphatic heterocycles. The lowest BCUT2D eigenvalue weighted by Gasteiger charge is -2.27. The third-order valence-corrected chi connectivity index (χ3v) is 6.89. The lowest BCUT2D eigenvalue weighted by molar-refractivity contribution is -0.120. The zero-order valence-electron chi connectivity index (χ0n) is 18.2. The molecule has 1 amide bonds. The van der Waals surface area contributed by atoms with Gasteiger partial charge in [0.1, 0.15) is 11.9 Å². The number of thioether (sulfide) groups is 1. The summed E-state index contributed by atoms with van der Waals surface area (Å²) in [5.41, 5.74) is 1.10. The van der Waals surface area contributed by atoms with Gasteiger partial charge in [0.25, 0.3) is 5.56 Å². The zero-order chi connectivity index (χ0) is 22.5. The lowest BCUT2D eigenvalue weighted by atomic mass is 9.84.